The summed E-state index contributed by atoms with van der Waals surface area (Å²) >= 11 is 12.0. The zero-order valence-corrected chi connectivity index (χ0v) is 10.8. The minimum Gasteiger partial charge on any atom is -0.369 e. The first-order valence-corrected chi connectivity index (χ1v) is 5.97. The van der Waals surface area contributed by atoms with E-state index in [2.05, 4.69) is 15.3 Å². The second-order valence-electron chi connectivity index (χ2n) is 3.44. The molecule has 88 valence electrons. The van der Waals surface area contributed by atoms with E-state index in [0.717, 1.165) is 23.6 Å². The topological polar surface area (TPSA) is 37.8 Å². The van der Waals surface area contributed by atoms with Crippen LogP contribution in [0.4, 0.5) is 5.82 Å². The first-order valence-electron chi connectivity index (χ1n) is 5.22. The number of benzene rings is 1. The maximum Gasteiger partial charge on any atom is 0.145 e. The first kappa shape index (κ1) is 12.1. The minimum absolute atomic E-state index is 0.570. The number of aromatic nitrogens is 2. The first-order chi connectivity index (χ1) is 8.20. The highest BCUT2D eigenvalue weighted by atomic mass is 35.5. The van der Waals surface area contributed by atoms with Crippen LogP contribution in [0.25, 0.3) is 11.3 Å². The molecule has 0 amide bonds. The van der Waals surface area contributed by atoms with E-state index in [1.54, 1.807) is 24.5 Å². The van der Waals surface area contributed by atoms with Gasteiger partial charge in [0.25, 0.3) is 0 Å². The minimum atomic E-state index is 0.570. The van der Waals surface area contributed by atoms with Gasteiger partial charge in [0.05, 0.1) is 23.1 Å². The summed E-state index contributed by atoms with van der Waals surface area (Å²) in [6, 6.07) is 5.31. The van der Waals surface area contributed by atoms with Crippen LogP contribution < -0.4 is 5.32 Å². The van der Waals surface area contributed by atoms with Crippen molar-refractivity contribution in [2.45, 2.75) is 6.92 Å². The molecule has 2 aromatic rings. The molecule has 1 heterocycles. The van der Waals surface area contributed by atoms with Gasteiger partial charge in [-0.3, -0.25) is 4.98 Å². The monoisotopic (exact) mass is 267 g/mol. The van der Waals surface area contributed by atoms with Gasteiger partial charge in [-0.2, -0.15) is 0 Å². The average molecular weight is 268 g/mol. The van der Waals surface area contributed by atoms with Crippen molar-refractivity contribution in [2.75, 3.05) is 11.9 Å². The molecule has 0 bridgehead atoms. The maximum absolute atomic E-state index is 6.12. The number of hydrogen-bond acceptors (Lipinski definition) is 3. The molecule has 0 unspecified atom stereocenters. The Kier molecular flexibility index (Phi) is 3.82. The summed E-state index contributed by atoms with van der Waals surface area (Å²) in [6.45, 7) is 2.80. The SMILES string of the molecule is CCNc1cncc(-c2ccc(Cl)cc2Cl)n1. The largest absolute Gasteiger partial charge is 0.369 e. The molecule has 5 heteroatoms. The summed E-state index contributed by atoms with van der Waals surface area (Å²) in [6.07, 6.45) is 3.35. The van der Waals surface area contributed by atoms with Crippen LogP contribution in [0.1, 0.15) is 6.92 Å². The molecule has 1 aromatic heterocycles. The Morgan fingerprint density at radius 3 is 2.76 bits per heavy atom. The van der Waals surface area contributed by atoms with Crippen molar-refractivity contribution in [3.63, 3.8) is 0 Å². The smallest absolute Gasteiger partial charge is 0.145 e. The predicted molar refractivity (Wildman–Crippen MR) is 71.7 cm³/mol. The molecule has 1 aromatic carbocycles. The highest BCUT2D eigenvalue weighted by Crippen LogP contribution is 2.29. The van der Waals surface area contributed by atoms with Gasteiger partial charge < -0.3 is 5.32 Å². The number of anilines is 1. The molecule has 17 heavy (non-hydrogen) atoms. The van der Waals surface area contributed by atoms with Crippen LogP contribution in [0.3, 0.4) is 0 Å². The maximum atomic E-state index is 6.12. The lowest BCUT2D eigenvalue weighted by Gasteiger charge is -2.06. The van der Waals surface area contributed by atoms with Crippen LogP contribution >= 0.6 is 23.2 Å². The van der Waals surface area contributed by atoms with Crippen molar-refractivity contribution in [3.05, 3.63) is 40.6 Å². The molecule has 0 saturated heterocycles. The third kappa shape index (κ3) is 2.87. The van der Waals surface area contributed by atoms with E-state index in [1.165, 1.54) is 0 Å². The molecule has 0 atom stereocenters. The predicted octanol–water partition coefficient (Wildman–Crippen LogP) is 3.88. The van der Waals surface area contributed by atoms with E-state index >= 15 is 0 Å². The summed E-state index contributed by atoms with van der Waals surface area (Å²) in [5, 5.41) is 4.28. The fraction of sp³-hybridized carbons (Fsp3) is 0.167. The molecule has 0 fully saturated rings. The summed E-state index contributed by atoms with van der Waals surface area (Å²) in [7, 11) is 0. The van der Waals surface area contributed by atoms with Crippen molar-refractivity contribution < 1.29 is 0 Å². The van der Waals surface area contributed by atoms with Gasteiger partial charge in [0.15, 0.2) is 0 Å². The second kappa shape index (κ2) is 5.34. The molecule has 0 aliphatic carbocycles. The third-order valence-corrected chi connectivity index (χ3v) is 2.75. The second-order valence-corrected chi connectivity index (χ2v) is 4.29. The molecule has 0 spiro atoms. The molecule has 0 saturated carbocycles. The lowest BCUT2D eigenvalue weighted by atomic mass is 10.1. The Morgan fingerprint density at radius 1 is 1.24 bits per heavy atom. The molecular weight excluding hydrogens is 257 g/mol. The Morgan fingerprint density at radius 2 is 2.06 bits per heavy atom. The zero-order chi connectivity index (χ0) is 12.3. The van der Waals surface area contributed by atoms with Crippen molar-refractivity contribution in [1.29, 1.82) is 0 Å². The highest BCUT2D eigenvalue weighted by molar-refractivity contribution is 6.36. The Bertz CT molecular complexity index is 529. The van der Waals surface area contributed by atoms with Gasteiger partial charge in [-0.05, 0) is 25.1 Å². The quantitative estimate of drug-likeness (QED) is 0.917. The van der Waals surface area contributed by atoms with Crippen LogP contribution in [0.15, 0.2) is 30.6 Å². The summed E-state index contributed by atoms with van der Waals surface area (Å²) in [4.78, 5) is 8.55. The Hall–Kier alpha value is -1.32. The van der Waals surface area contributed by atoms with Gasteiger partial charge in [0.1, 0.15) is 5.82 Å². The molecule has 2 rings (SSSR count). The number of rotatable bonds is 3. The fourth-order valence-electron chi connectivity index (χ4n) is 1.46. The number of hydrogen-bond donors (Lipinski definition) is 1. The third-order valence-electron chi connectivity index (χ3n) is 2.20. The van der Waals surface area contributed by atoms with Gasteiger partial charge in [-0.25, -0.2) is 4.98 Å². The van der Waals surface area contributed by atoms with Crippen LogP contribution in [-0.4, -0.2) is 16.5 Å². The molecule has 0 aliphatic heterocycles. The van der Waals surface area contributed by atoms with Crippen molar-refractivity contribution in [3.8, 4) is 11.3 Å². The van der Waals surface area contributed by atoms with Gasteiger partial charge in [0, 0.05) is 17.1 Å². The van der Waals surface area contributed by atoms with Gasteiger partial charge in [0.2, 0.25) is 0 Å². The van der Waals surface area contributed by atoms with E-state index in [4.69, 9.17) is 23.2 Å². The molecule has 0 radical (unpaired) electrons. The van der Waals surface area contributed by atoms with Gasteiger partial charge in [-0.1, -0.05) is 23.2 Å². The van der Waals surface area contributed by atoms with E-state index in [0.29, 0.717) is 10.0 Å². The van der Waals surface area contributed by atoms with Crippen LogP contribution in [-0.2, 0) is 0 Å². The molecule has 0 aliphatic rings. The Balaban J connectivity index is 2.42. The summed E-state index contributed by atoms with van der Waals surface area (Å²) in [5.74, 6) is 0.732. The standard InChI is InChI=1S/C12H11Cl2N3/c1-2-16-12-7-15-6-11(17-12)9-4-3-8(13)5-10(9)14/h3-7H,2H2,1H3,(H,16,17). The Labute approximate surface area is 110 Å². The number of halogens is 2. The number of nitrogens with zero attached hydrogens (tertiary/aromatic N) is 2. The lowest BCUT2D eigenvalue weighted by molar-refractivity contribution is 1.12. The van der Waals surface area contributed by atoms with E-state index in [9.17, 15) is 0 Å². The highest BCUT2D eigenvalue weighted by Gasteiger charge is 2.06. The normalized spacial score (nSPS) is 10.3. The summed E-state index contributed by atoms with van der Waals surface area (Å²) < 4.78 is 0. The average Bonchev–Trinajstić information content (AvgIpc) is 2.29. The van der Waals surface area contributed by atoms with Gasteiger partial charge in [-0.15, -0.1) is 0 Å². The fourth-order valence-corrected chi connectivity index (χ4v) is 1.96. The zero-order valence-electron chi connectivity index (χ0n) is 9.24. The van der Waals surface area contributed by atoms with Crippen molar-refractivity contribution >= 4 is 29.0 Å². The van der Waals surface area contributed by atoms with Crippen LogP contribution in [0, 0.1) is 0 Å². The molecular formula is C12H11Cl2N3. The lowest BCUT2D eigenvalue weighted by Crippen LogP contribution is -2.00. The number of nitrogens with one attached hydrogen (secondary N) is 1. The van der Waals surface area contributed by atoms with Crippen LogP contribution in [0.5, 0.6) is 0 Å². The van der Waals surface area contributed by atoms with Crippen molar-refractivity contribution in [2.24, 2.45) is 0 Å². The van der Waals surface area contributed by atoms with Crippen LogP contribution in [0.2, 0.25) is 10.0 Å². The van der Waals surface area contributed by atoms with Gasteiger partial charge >= 0.3 is 0 Å². The van der Waals surface area contributed by atoms with E-state index in [1.807, 2.05) is 13.0 Å². The summed E-state index contributed by atoms with van der Waals surface area (Å²) in [5.41, 5.74) is 1.55. The van der Waals surface area contributed by atoms with Crippen molar-refractivity contribution in [1.82, 2.24) is 9.97 Å². The molecule has 3 nitrogen and oxygen atoms in total. The van der Waals surface area contributed by atoms with E-state index < -0.39 is 0 Å². The van der Waals surface area contributed by atoms with E-state index in [-0.39, 0.29) is 0 Å². The molecule has 1 N–H and O–H groups in total.